The molecule has 1 amide bonds. The summed E-state index contributed by atoms with van der Waals surface area (Å²) in [7, 11) is 0. The standard InChI is InChI=1S/C30H28FNO4/c1-19-17-21(15-16-25(19)36-18-20-9-3-2-4-10-20)28(33)26-27(23-13-7-8-14-24(23)31)32(30(35)29(26)34)22-11-5-6-12-22/h2-4,7-10,13-17,22,27,33H,5-6,11-12,18H2,1H3/b28-26+. The van der Waals surface area contributed by atoms with Gasteiger partial charge < -0.3 is 14.7 Å². The molecule has 1 atom stereocenters. The molecule has 1 N–H and O–H groups in total. The van der Waals surface area contributed by atoms with Crippen LogP contribution in [0.3, 0.4) is 0 Å². The molecule has 2 aliphatic rings. The van der Waals surface area contributed by atoms with Crippen molar-refractivity contribution in [1.82, 2.24) is 4.90 Å². The molecule has 36 heavy (non-hydrogen) atoms. The second-order valence-electron chi connectivity index (χ2n) is 9.42. The molecule has 2 fully saturated rings. The van der Waals surface area contributed by atoms with Crippen molar-refractivity contribution in [3.63, 3.8) is 0 Å². The van der Waals surface area contributed by atoms with E-state index in [4.69, 9.17) is 4.74 Å². The van der Waals surface area contributed by atoms with Gasteiger partial charge in [0.05, 0.1) is 11.6 Å². The molecule has 184 valence electrons. The number of carbonyl (C=O) groups is 2. The van der Waals surface area contributed by atoms with Gasteiger partial charge in [-0.15, -0.1) is 0 Å². The summed E-state index contributed by atoms with van der Waals surface area (Å²) in [6.45, 7) is 2.25. The maximum Gasteiger partial charge on any atom is 0.295 e. The Balaban J connectivity index is 1.53. The number of ketones is 1. The third-order valence-corrected chi connectivity index (χ3v) is 7.08. The first-order valence-corrected chi connectivity index (χ1v) is 12.3. The topological polar surface area (TPSA) is 66.8 Å². The Hall–Kier alpha value is -3.93. The number of ether oxygens (including phenoxy) is 1. The maximum atomic E-state index is 15.0. The Labute approximate surface area is 209 Å². The molecule has 1 aliphatic heterocycles. The molecule has 0 aromatic heterocycles. The Morgan fingerprint density at radius 1 is 1.00 bits per heavy atom. The molecule has 3 aromatic rings. The number of nitrogens with zero attached hydrogens (tertiary/aromatic N) is 1. The van der Waals surface area contributed by atoms with Crippen molar-refractivity contribution in [3.05, 3.63) is 106 Å². The maximum absolute atomic E-state index is 15.0. The van der Waals surface area contributed by atoms with Crippen LogP contribution < -0.4 is 4.74 Å². The van der Waals surface area contributed by atoms with Crippen molar-refractivity contribution in [3.8, 4) is 5.75 Å². The van der Waals surface area contributed by atoms with Gasteiger partial charge in [0, 0.05) is 17.2 Å². The average molecular weight is 486 g/mol. The minimum Gasteiger partial charge on any atom is -0.507 e. The molecule has 6 heteroatoms. The normalized spacial score (nSPS) is 19.7. The van der Waals surface area contributed by atoms with Gasteiger partial charge in [0.1, 0.15) is 23.9 Å². The number of carbonyl (C=O) groups excluding carboxylic acids is 2. The molecule has 1 unspecified atom stereocenters. The average Bonchev–Trinajstić information content (AvgIpc) is 3.50. The van der Waals surface area contributed by atoms with Crippen LogP contribution in [-0.4, -0.2) is 27.7 Å². The summed E-state index contributed by atoms with van der Waals surface area (Å²) in [5.74, 6) is -1.64. The van der Waals surface area contributed by atoms with E-state index in [9.17, 15) is 19.1 Å². The molecule has 0 radical (unpaired) electrons. The van der Waals surface area contributed by atoms with E-state index in [1.807, 2.05) is 37.3 Å². The van der Waals surface area contributed by atoms with E-state index in [2.05, 4.69) is 0 Å². The molecular weight excluding hydrogens is 457 g/mol. The fourth-order valence-electron chi connectivity index (χ4n) is 5.26. The highest BCUT2D eigenvalue weighted by Crippen LogP contribution is 2.44. The Morgan fingerprint density at radius 3 is 2.39 bits per heavy atom. The number of aliphatic hydroxyl groups excluding tert-OH is 1. The van der Waals surface area contributed by atoms with E-state index < -0.39 is 23.5 Å². The van der Waals surface area contributed by atoms with Crippen LogP contribution in [0, 0.1) is 12.7 Å². The molecule has 5 nitrogen and oxygen atoms in total. The van der Waals surface area contributed by atoms with E-state index in [1.54, 1.807) is 36.4 Å². The number of halogens is 1. The zero-order valence-electron chi connectivity index (χ0n) is 20.1. The van der Waals surface area contributed by atoms with Gasteiger partial charge in [-0.05, 0) is 55.2 Å². The number of aliphatic hydroxyl groups is 1. The molecule has 1 heterocycles. The van der Waals surface area contributed by atoms with Crippen molar-refractivity contribution in [2.45, 2.75) is 51.3 Å². The molecular formula is C30H28FNO4. The third-order valence-electron chi connectivity index (χ3n) is 7.08. The first-order valence-electron chi connectivity index (χ1n) is 12.3. The molecule has 3 aromatic carbocycles. The van der Waals surface area contributed by atoms with Crippen molar-refractivity contribution in [2.24, 2.45) is 0 Å². The molecule has 1 aliphatic carbocycles. The smallest absolute Gasteiger partial charge is 0.295 e. The van der Waals surface area contributed by atoms with E-state index >= 15 is 0 Å². The highest BCUT2D eigenvalue weighted by Gasteiger charge is 2.49. The largest absolute Gasteiger partial charge is 0.507 e. The monoisotopic (exact) mass is 485 g/mol. The van der Waals surface area contributed by atoms with Gasteiger partial charge in [-0.2, -0.15) is 0 Å². The number of hydrogen-bond donors (Lipinski definition) is 1. The SMILES string of the molecule is Cc1cc(/C(O)=C2\C(=O)C(=O)N(C3CCCC3)C2c2ccccc2F)ccc1OCc1ccccc1. The van der Waals surface area contributed by atoms with E-state index in [0.29, 0.717) is 17.9 Å². The second kappa shape index (κ2) is 9.97. The van der Waals surface area contributed by atoms with Crippen LogP contribution in [0.1, 0.15) is 54.0 Å². The van der Waals surface area contributed by atoms with Crippen molar-refractivity contribution >= 4 is 17.4 Å². The number of benzene rings is 3. The first kappa shape index (κ1) is 23.8. The van der Waals surface area contributed by atoms with Crippen molar-refractivity contribution < 1.29 is 23.8 Å². The van der Waals surface area contributed by atoms with E-state index in [0.717, 1.165) is 36.8 Å². The fourth-order valence-corrected chi connectivity index (χ4v) is 5.26. The summed E-state index contributed by atoms with van der Waals surface area (Å²) in [6.07, 6.45) is 3.40. The number of likely N-dealkylation sites (tertiary alicyclic amines) is 1. The highest BCUT2D eigenvalue weighted by atomic mass is 19.1. The summed E-state index contributed by atoms with van der Waals surface area (Å²) < 4.78 is 20.9. The third kappa shape index (κ3) is 4.39. The summed E-state index contributed by atoms with van der Waals surface area (Å²) in [4.78, 5) is 27.9. The highest BCUT2D eigenvalue weighted by molar-refractivity contribution is 6.46. The van der Waals surface area contributed by atoms with Gasteiger partial charge in [0.2, 0.25) is 0 Å². The van der Waals surface area contributed by atoms with Crippen molar-refractivity contribution in [1.29, 1.82) is 0 Å². The summed E-state index contributed by atoms with van der Waals surface area (Å²) in [5.41, 5.74) is 2.31. The first-order chi connectivity index (χ1) is 17.5. The quantitative estimate of drug-likeness (QED) is 0.261. The Kier molecular flexibility index (Phi) is 6.59. The second-order valence-corrected chi connectivity index (χ2v) is 9.42. The van der Waals surface area contributed by atoms with Crippen LogP contribution in [0.15, 0.2) is 78.4 Å². The minimum atomic E-state index is -0.969. The predicted molar refractivity (Wildman–Crippen MR) is 135 cm³/mol. The number of aryl methyl sites for hydroxylation is 1. The van der Waals surface area contributed by atoms with E-state index in [1.165, 1.54) is 11.0 Å². The molecule has 1 saturated carbocycles. The lowest BCUT2D eigenvalue weighted by molar-refractivity contribution is -0.141. The van der Waals surface area contributed by atoms with Crippen LogP contribution >= 0.6 is 0 Å². The predicted octanol–water partition coefficient (Wildman–Crippen LogP) is 6.08. The molecule has 0 spiro atoms. The minimum absolute atomic E-state index is 0.0747. The summed E-state index contributed by atoms with van der Waals surface area (Å²) in [5, 5.41) is 11.3. The lowest BCUT2D eigenvalue weighted by atomic mass is 9.94. The zero-order valence-corrected chi connectivity index (χ0v) is 20.1. The molecule has 5 rings (SSSR count). The summed E-state index contributed by atoms with van der Waals surface area (Å²) >= 11 is 0. The van der Waals surface area contributed by atoms with Crippen LogP contribution in [0.2, 0.25) is 0 Å². The Bertz CT molecular complexity index is 1330. The van der Waals surface area contributed by atoms with Gasteiger partial charge in [0.15, 0.2) is 0 Å². The van der Waals surface area contributed by atoms with Crippen molar-refractivity contribution in [2.75, 3.05) is 0 Å². The lowest BCUT2D eigenvalue weighted by Crippen LogP contribution is -2.38. The molecule has 1 saturated heterocycles. The number of amides is 1. The van der Waals surface area contributed by atoms with Crippen LogP contribution in [0.5, 0.6) is 5.75 Å². The van der Waals surface area contributed by atoms with Gasteiger partial charge in [0.25, 0.3) is 11.7 Å². The Morgan fingerprint density at radius 2 is 1.69 bits per heavy atom. The van der Waals surface area contributed by atoms with Gasteiger partial charge in [-0.3, -0.25) is 9.59 Å². The van der Waals surface area contributed by atoms with Crippen LogP contribution in [0.4, 0.5) is 4.39 Å². The number of rotatable bonds is 6. The van der Waals surface area contributed by atoms with Gasteiger partial charge in [-0.1, -0.05) is 61.4 Å². The van der Waals surface area contributed by atoms with E-state index in [-0.39, 0.29) is 22.9 Å². The number of Topliss-reactive ketones (excluding diaryl/α,β-unsaturated/α-hetero) is 1. The molecule has 0 bridgehead atoms. The zero-order chi connectivity index (χ0) is 25.2. The summed E-state index contributed by atoms with van der Waals surface area (Å²) in [6, 6.07) is 19.9. The van der Waals surface area contributed by atoms with Gasteiger partial charge >= 0.3 is 0 Å². The van der Waals surface area contributed by atoms with Crippen LogP contribution in [-0.2, 0) is 16.2 Å². The fraction of sp³-hybridized carbons (Fsp3) is 0.267. The number of hydrogen-bond acceptors (Lipinski definition) is 4. The van der Waals surface area contributed by atoms with Gasteiger partial charge in [-0.25, -0.2) is 4.39 Å². The van der Waals surface area contributed by atoms with Crippen LogP contribution in [0.25, 0.3) is 5.76 Å². The lowest BCUT2D eigenvalue weighted by Gasteiger charge is -2.31.